The standard InChI is InChI=1S/C17H36N2/c1-6-17(5,13-18-7-2)14-19(12-15(3)4)16-10-8-9-11-16/h15-16,18H,6-14H2,1-5H3. The van der Waals surface area contributed by atoms with E-state index in [1.54, 1.807) is 0 Å². The summed E-state index contributed by atoms with van der Waals surface area (Å²) in [4.78, 5) is 2.80. The summed E-state index contributed by atoms with van der Waals surface area (Å²) in [6, 6.07) is 0.856. The average Bonchev–Trinajstić information content (AvgIpc) is 2.89. The minimum Gasteiger partial charge on any atom is -0.316 e. The summed E-state index contributed by atoms with van der Waals surface area (Å²) in [6.07, 6.45) is 6.99. The molecule has 1 fully saturated rings. The minimum atomic E-state index is 0.424. The molecule has 1 aliphatic rings. The molecule has 0 saturated heterocycles. The molecule has 0 aromatic rings. The number of rotatable bonds is 9. The average molecular weight is 268 g/mol. The molecule has 0 aromatic heterocycles. The topological polar surface area (TPSA) is 15.3 Å². The number of hydrogen-bond donors (Lipinski definition) is 1. The zero-order valence-corrected chi connectivity index (χ0v) is 14.0. The van der Waals surface area contributed by atoms with Gasteiger partial charge < -0.3 is 5.32 Å². The lowest BCUT2D eigenvalue weighted by Crippen LogP contribution is -2.46. The highest BCUT2D eigenvalue weighted by molar-refractivity contribution is 4.85. The first-order valence-electron chi connectivity index (χ1n) is 8.45. The summed E-state index contributed by atoms with van der Waals surface area (Å²) in [5.74, 6) is 0.779. The Hall–Kier alpha value is -0.0800. The van der Waals surface area contributed by atoms with Crippen LogP contribution in [0.2, 0.25) is 0 Å². The van der Waals surface area contributed by atoms with Crippen LogP contribution in [0.5, 0.6) is 0 Å². The fraction of sp³-hybridized carbons (Fsp3) is 1.00. The predicted octanol–water partition coefficient (Wildman–Crippen LogP) is 3.91. The van der Waals surface area contributed by atoms with Crippen LogP contribution in [0.4, 0.5) is 0 Å². The van der Waals surface area contributed by atoms with Gasteiger partial charge in [0.05, 0.1) is 0 Å². The molecule has 1 unspecified atom stereocenters. The van der Waals surface area contributed by atoms with Crippen LogP contribution in [0.15, 0.2) is 0 Å². The summed E-state index contributed by atoms with van der Waals surface area (Å²) < 4.78 is 0. The van der Waals surface area contributed by atoms with E-state index in [0.29, 0.717) is 5.41 Å². The lowest BCUT2D eigenvalue weighted by molar-refractivity contribution is 0.103. The number of nitrogens with zero attached hydrogens (tertiary/aromatic N) is 1. The predicted molar refractivity (Wildman–Crippen MR) is 85.6 cm³/mol. The SMILES string of the molecule is CCNCC(C)(CC)CN(CC(C)C)C1CCCC1. The number of nitrogens with one attached hydrogen (secondary N) is 1. The molecular formula is C17H36N2. The molecule has 1 rings (SSSR count). The molecule has 0 aromatic carbocycles. The molecule has 0 spiro atoms. The maximum atomic E-state index is 3.56. The van der Waals surface area contributed by atoms with E-state index in [9.17, 15) is 0 Å². The second kappa shape index (κ2) is 8.26. The van der Waals surface area contributed by atoms with Crippen LogP contribution in [0, 0.1) is 11.3 Å². The largest absolute Gasteiger partial charge is 0.316 e. The van der Waals surface area contributed by atoms with Crippen LogP contribution in [0.3, 0.4) is 0 Å². The molecule has 0 heterocycles. The second-order valence-corrected chi connectivity index (χ2v) is 7.21. The van der Waals surface area contributed by atoms with Crippen molar-refractivity contribution in [3.05, 3.63) is 0 Å². The lowest BCUT2D eigenvalue weighted by atomic mass is 9.86. The summed E-state index contributed by atoms with van der Waals surface area (Å²) in [5.41, 5.74) is 0.424. The first-order valence-corrected chi connectivity index (χ1v) is 8.45. The van der Waals surface area contributed by atoms with Gasteiger partial charge in [-0.15, -0.1) is 0 Å². The van der Waals surface area contributed by atoms with Crippen molar-refractivity contribution < 1.29 is 0 Å². The Balaban J connectivity index is 2.62. The minimum absolute atomic E-state index is 0.424. The van der Waals surface area contributed by atoms with Gasteiger partial charge in [0.15, 0.2) is 0 Å². The van der Waals surface area contributed by atoms with Crippen molar-refractivity contribution in [1.29, 1.82) is 0 Å². The van der Waals surface area contributed by atoms with E-state index in [0.717, 1.165) is 25.0 Å². The molecule has 1 atom stereocenters. The monoisotopic (exact) mass is 268 g/mol. The van der Waals surface area contributed by atoms with Gasteiger partial charge >= 0.3 is 0 Å². The van der Waals surface area contributed by atoms with Crippen molar-refractivity contribution in [2.75, 3.05) is 26.2 Å². The molecule has 19 heavy (non-hydrogen) atoms. The van der Waals surface area contributed by atoms with Crippen LogP contribution in [0.25, 0.3) is 0 Å². The van der Waals surface area contributed by atoms with E-state index in [-0.39, 0.29) is 0 Å². The molecule has 0 amide bonds. The van der Waals surface area contributed by atoms with E-state index < -0.39 is 0 Å². The molecule has 2 heteroatoms. The van der Waals surface area contributed by atoms with Gasteiger partial charge in [0.1, 0.15) is 0 Å². The Bertz CT molecular complexity index is 233. The van der Waals surface area contributed by atoms with Crippen LogP contribution >= 0.6 is 0 Å². The molecule has 0 aliphatic heterocycles. The highest BCUT2D eigenvalue weighted by Crippen LogP contribution is 2.29. The Morgan fingerprint density at radius 1 is 1.21 bits per heavy atom. The first kappa shape index (κ1) is 17.0. The summed E-state index contributed by atoms with van der Waals surface area (Å²) in [6.45, 7) is 16.5. The Morgan fingerprint density at radius 3 is 2.32 bits per heavy atom. The van der Waals surface area contributed by atoms with Gasteiger partial charge in [-0.1, -0.05) is 47.5 Å². The fourth-order valence-corrected chi connectivity index (χ4v) is 3.29. The van der Waals surface area contributed by atoms with Crippen molar-refractivity contribution in [3.63, 3.8) is 0 Å². The van der Waals surface area contributed by atoms with E-state index >= 15 is 0 Å². The van der Waals surface area contributed by atoms with Crippen LogP contribution < -0.4 is 5.32 Å². The van der Waals surface area contributed by atoms with E-state index in [4.69, 9.17) is 0 Å². The maximum Gasteiger partial charge on any atom is 0.00956 e. The summed E-state index contributed by atoms with van der Waals surface area (Å²) >= 11 is 0. The maximum absolute atomic E-state index is 3.56. The van der Waals surface area contributed by atoms with Crippen molar-refractivity contribution >= 4 is 0 Å². The van der Waals surface area contributed by atoms with E-state index in [1.807, 2.05) is 0 Å². The highest BCUT2D eigenvalue weighted by atomic mass is 15.2. The van der Waals surface area contributed by atoms with Crippen molar-refractivity contribution in [2.45, 2.75) is 72.8 Å². The van der Waals surface area contributed by atoms with Gasteiger partial charge in [0.25, 0.3) is 0 Å². The molecule has 2 nitrogen and oxygen atoms in total. The van der Waals surface area contributed by atoms with E-state index in [2.05, 4.69) is 44.8 Å². The fourth-order valence-electron chi connectivity index (χ4n) is 3.29. The smallest absolute Gasteiger partial charge is 0.00956 e. The number of hydrogen-bond acceptors (Lipinski definition) is 2. The molecule has 1 N–H and O–H groups in total. The first-order chi connectivity index (χ1) is 9.00. The van der Waals surface area contributed by atoms with Gasteiger partial charge in [-0.2, -0.15) is 0 Å². The van der Waals surface area contributed by atoms with Gasteiger partial charge in [0.2, 0.25) is 0 Å². The van der Waals surface area contributed by atoms with Gasteiger partial charge in [-0.25, -0.2) is 0 Å². The van der Waals surface area contributed by atoms with Crippen LogP contribution in [-0.2, 0) is 0 Å². The Labute approximate surface area is 121 Å². The molecule has 1 saturated carbocycles. The van der Waals surface area contributed by atoms with E-state index in [1.165, 1.54) is 45.2 Å². The molecule has 114 valence electrons. The molecule has 1 aliphatic carbocycles. The van der Waals surface area contributed by atoms with Crippen LogP contribution in [-0.4, -0.2) is 37.1 Å². The third-order valence-electron chi connectivity index (χ3n) is 4.68. The summed E-state index contributed by atoms with van der Waals surface area (Å²) in [7, 11) is 0. The zero-order chi connectivity index (χ0) is 14.3. The Morgan fingerprint density at radius 2 is 1.84 bits per heavy atom. The van der Waals surface area contributed by atoms with Gasteiger partial charge in [-0.05, 0) is 37.1 Å². The zero-order valence-electron chi connectivity index (χ0n) is 14.0. The molecule has 0 radical (unpaired) electrons. The molecular weight excluding hydrogens is 232 g/mol. The van der Waals surface area contributed by atoms with Crippen molar-refractivity contribution in [3.8, 4) is 0 Å². The second-order valence-electron chi connectivity index (χ2n) is 7.21. The van der Waals surface area contributed by atoms with Crippen molar-refractivity contribution in [2.24, 2.45) is 11.3 Å². The Kier molecular flexibility index (Phi) is 7.38. The van der Waals surface area contributed by atoms with Crippen LogP contribution in [0.1, 0.15) is 66.7 Å². The lowest BCUT2D eigenvalue weighted by Gasteiger charge is -2.39. The quantitative estimate of drug-likeness (QED) is 0.682. The summed E-state index contributed by atoms with van der Waals surface area (Å²) in [5, 5.41) is 3.56. The van der Waals surface area contributed by atoms with Gasteiger partial charge in [0, 0.05) is 25.7 Å². The van der Waals surface area contributed by atoms with Crippen molar-refractivity contribution in [1.82, 2.24) is 10.2 Å². The third kappa shape index (κ3) is 5.83. The highest BCUT2D eigenvalue weighted by Gasteiger charge is 2.30. The third-order valence-corrected chi connectivity index (χ3v) is 4.68. The normalized spacial score (nSPS) is 20.4. The molecule has 0 bridgehead atoms. The van der Waals surface area contributed by atoms with Gasteiger partial charge in [-0.3, -0.25) is 4.90 Å².